The topological polar surface area (TPSA) is 65.2 Å². The fraction of sp³-hybridized carbons (Fsp3) is 0.550. The van der Waals surface area contributed by atoms with Crippen LogP contribution in [-0.2, 0) is 4.79 Å². The predicted octanol–water partition coefficient (Wildman–Crippen LogP) is 4.17. The van der Waals surface area contributed by atoms with Gasteiger partial charge in [0.05, 0.1) is 5.41 Å². The molecule has 1 aromatic carbocycles. The van der Waals surface area contributed by atoms with Gasteiger partial charge in [-0.2, -0.15) is 4.98 Å². The second-order valence-corrected chi connectivity index (χ2v) is 8.25. The van der Waals surface area contributed by atoms with Crippen LogP contribution >= 0.6 is 0 Å². The lowest BCUT2D eigenvalue weighted by molar-refractivity contribution is -0.161. The van der Waals surface area contributed by atoms with Crippen molar-refractivity contribution in [3.8, 4) is 17.1 Å². The first kappa shape index (κ1) is 15.1. The number of aromatic nitrogens is 2. The van der Waals surface area contributed by atoms with E-state index in [1.165, 1.54) is 19.3 Å². The summed E-state index contributed by atoms with van der Waals surface area (Å²) in [4.78, 5) is 17.2. The van der Waals surface area contributed by atoms with E-state index in [4.69, 9.17) is 9.26 Å². The van der Waals surface area contributed by atoms with E-state index in [9.17, 15) is 4.79 Å². The van der Waals surface area contributed by atoms with E-state index in [0.29, 0.717) is 17.5 Å². The number of aryl methyl sites for hydroxylation is 1. The Morgan fingerprint density at radius 1 is 1.08 bits per heavy atom. The fourth-order valence-electron chi connectivity index (χ4n) is 5.66. The van der Waals surface area contributed by atoms with Crippen molar-refractivity contribution in [2.75, 3.05) is 0 Å². The molecule has 0 N–H and O–H groups in total. The van der Waals surface area contributed by atoms with Gasteiger partial charge in [0.1, 0.15) is 5.75 Å². The van der Waals surface area contributed by atoms with Crippen LogP contribution in [0.25, 0.3) is 11.4 Å². The molecule has 0 aliphatic heterocycles. The largest absolute Gasteiger partial charge is 0.426 e. The van der Waals surface area contributed by atoms with E-state index in [1.54, 1.807) is 6.92 Å². The molecule has 1 aromatic heterocycles. The second-order valence-electron chi connectivity index (χ2n) is 8.25. The van der Waals surface area contributed by atoms with Crippen molar-refractivity contribution in [2.45, 2.75) is 45.4 Å². The summed E-state index contributed by atoms with van der Waals surface area (Å²) in [5, 5.41) is 3.91. The smallest absolute Gasteiger partial charge is 0.317 e. The van der Waals surface area contributed by atoms with E-state index in [0.717, 1.165) is 42.6 Å². The van der Waals surface area contributed by atoms with Crippen LogP contribution in [0.5, 0.6) is 5.75 Å². The van der Waals surface area contributed by atoms with Crippen LogP contribution in [0.3, 0.4) is 0 Å². The minimum Gasteiger partial charge on any atom is -0.426 e. The third-order valence-electron chi connectivity index (χ3n) is 6.32. The van der Waals surface area contributed by atoms with E-state index in [2.05, 4.69) is 10.1 Å². The summed E-state index contributed by atoms with van der Waals surface area (Å²) in [5.41, 5.74) is 0.629. The zero-order chi connectivity index (χ0) is 17.0. The molecule has 5 nitrogen and oxygen atoms in total. The Morgan fingerprint density at radius 3 is 2.20 bits per heavy atom. The molecular weight excluding hydrogens is 316 g/mol. The van der Waals surface area contributed by atoms with Gasteiger partial charge < -0.3 is 9.26 Å². The third kappa shape index (κ3) is 2.57. The Hall–Kier alpha value is -2.17. The molecule has 0 amide bonds. The van der Waals surface area contributed by atoms with Gasteiger partial charge in [-0.3, -0.25) is 4.79 Å². The molecule has 0 radical (unpaired) electrons. The first-order chi connectivity index (χ1) is 12.1. The van der Waals surface area contributed by atoms with Gasteiger partial charge in [0.25, 0.3) is 0 Å². The van der Waals surface area contributed by atoms with Gasteiger partial charge >= 0.3 is 5.97 Å². The Labute approximate surface area is 146 Å². The molecule has 130 valence electrons. The average molecular weight is 338 g/mol. The van der Waals surface area contributed by atoms with Crippen LogP contribution in [0.2, 0.25) is 0 Å². The predicted molar refractivity (Wildman–Crippen MR) is 90.7 cm³/mol. The summed E-state index contributed by atoms with van der Waals surface area (Å²) in [5.74, 6) is 3.89. The molecule has 0 unspecified atom stereocenters. The van der Waals surface area contributed by atoms with Crippen molar-refractivity contribution in [2.24, 2.45) is 23.2 Å². The van der Waals surface area contributed by atoms with Crippen LogP contribution < -0.4 is 4.74 Å². The maximum absolute atomic E-state index is 13.0. The summed E-state index contributed by atoms with van der Waals surface area (Å²) in [6, 6.07) is 7.37. The lowest BCUT2D eigenvalue weighted by Gasteiger charge is -2.55. The van der Waals surface area contributed by atoms with E-state index in [-0.39, 0.29) is 11.4 Å². The van der Waals surface area contributed by atoms with Crippen LogP contribution in [0.1, 0.15) is 44.4 Å². The zero-order valence-corrected chi connectivity index (χ0v) is 14.4. The Balaban J connectivity index is 1.33. The Kier molecular flexibility index (Phi) is 3.27. The number of rotatable bonds is 3. The van der Waals surface area contributed by atoms with Crippen molar-refractivity contribution in [1.82, 2.24) is 10.1 Å². The van der Waals surface area contributed by atoms with Gasteiger partial charge in [-0.1, -0.05) is 5.16 Å². The SMILES string of the molecule is Cc1nc(-c2ccc(OC(=O)C34CC5CC(CC(C5)C3)C4)cc2)no1. The highest BCUT2D eigenvalue weighted by atomic mass is 16.5. The molecule has 25 heavy (non-hydrogen) atoms. The van der Waals surface area contributed by atoms with Crippen molar-refractivity contribution >= 4 is 5.97 Å². The number of nitrogens with zero attached hydrogens (tertiary/aromatic N) is 2. The maximum Gasteiger partial charge on any atom is 0.317 e. The first-order valence-electron chi connectivity index (χ1n) is 9.23. The molecule has 0 saturated heterocycles. The van der Waals surface area contributed by atoms with Gasteiger partial charge in [0, 0.05) is 12.5 Å². The van der Waals surface area contributed by atoms with E-state index in [1.807, 2.05) is 24.3 Å². The standard InChI is InChI=1S/C20H22N2O3/c1-12-21-18(22-25-12)16-2-4-17(5-3-16)24-19(23)20-9-13-6-14(10-20)8-15(7-13)11-20/h2-5,13-15H,6-11H2,1H3. The molecular formula is C20H22N2O3. The highest BCUT2D eigenvalue weighted by molar-refractivity contribution is 5.80. The second kappa shape index (κ2) is 5.41. The maximum atomic E-state index is 13.0. The van der Waals surface area contributed by atoms with Gasteiger partial charge in [0.15, 0.2) is 0 Å². The molecule has 0 atom stereocenters. The van der Waals surface area contributed by atoms with Crippen molar-refractivity contribution in [3.63, 3.8) is 0 Å². The third-order valence-corrected chi connectivity index (χ3v) is 6.32. The molecule has 4 aliphatic rings. The van der Waals surface area contributed by atoms with Crippen LogP contribution in [0.15, 0.2) is 28.8 Å². The minimum atomic E-state index is -0.224. The summed E-state index contributed by atoms with van der Waals surface area (Å²) in [6.07, 6.45) is 7.05. The highest BCUT2D eigenvalue weighted by Gasteiger charge is 2.55. The number of carbonyl (C=O) groups excluding carboxylic acids is 1. The normalized spacial score (nSPS) is 32.8. The quantitative estimate of drug-likeness (QED) is 0.621. The number of esters is 1. The lowest BCUT2D eigenvalue weighted by Crippen LogP contribution is -2.51. The number of hydrogen-bond donors (Lipinski definition) is 0. The molecule has 1 heterocycles. The molecule has 4 bridgehead atoms. The van der Waals surface area contributed by atoms with Crippen molar-refractivity contribution < 1.29 is 14.1 Å². The number of benzene rings is 1. The fourth-order valence-corrected chi connectivity index (χ4v) is 5.66. The molecule has 2 aromatic rings. The summed E-state index contributed by atoms with van der Waals surface area (Å²) in [6.45, 7) is 1.76. The van der Waals surface area contributed by atoms with Crippen LogP contribution in [0, 0.1) is 30.1 Å². The van der Waals surface area contributed by atoms with E-state index < -0.39 is 0 Å². The Morgan fingerprint density at radius 2 is 1.68 bits per heavy atom. The minimum absolute atomic E-state index is 0.0187. The van der Waals surface area contributed by atoms with Crippen molar-refractivity contribution in [1.29, 1.82) is 0 Å². The monoisotopic (exact) mass is 338 g/mol. The van der Waals surface area contributed by atoms with Gasteiger partial charge in [0.2, 0.25) is 11.7 Å². The average Bonchev–Trinajstić information content (AvgIpc) is 3.01. The van der Waals surface area contributed by atoms with Gasteiger partial charge in [-0.15, -0.1) is 0 Å². The number of ether oxygens (including phenoxy) is 1. The highest BCUT2D eigenvalue weighted by Crippen LogP contribution is 2.60. The summed E-state index contributed by atoms with van der Waals surface area (Å²) >= 11 is 0. The molecule has 6 rings (SSSR count). The molecule has 5 heteroatoms. The number of hydrogen-bond acceptors (Lipinski definition) is 5. The van der Waals surface area contributed by atoms with Crippen molar-refractivity contribution in [3.05, 3.63) is 30.2 Å². The molecule has 4 saturated carbocycles. The molecule has 0 spiro atoms. The van der Waals surface area contributed by atoms with Crippen LogP contribution in [-0.4, -0.2) is 16.1 Å². The Bertz CT molecular complexity index is 773. The van der Waals surface area contributed by atoms with E-state index >= 15 is 0 Å². The lowest BCUT2D eigenvalue weighted by atomic mass is 9.49. The van der Waals surface area contributed by atoms with Gasteiger partial charge in [-0.05, 0) is 80.5 Å². The summed E-state index contributed by atoms with van der Waals surface area (Å²) < 4.78 is 10.8. The first-order valence-corrected chi connectivity index (χ1v) is 9.23. The molecule has 4 fully saturated rings. The van der Waals surface area contributed by atoms with Gasteiger partial charge in [-0.25, -0.2) is 0 Å². The zero-order valence-electron chi connectivity index (χ0n) is 14.4. The number of carbonyl (C=O) groups is 1. The van der Waals surface area contributed by atoms with Crippen LogP contribution in [0.4, 0.5) is 0 Å². The summed E-state index contributed by atoms with van der Waals surface area (Å²) in [7, 11) is 0. The molecule has 4 aliphatic carbocycles.